The van der Waals surface area contributed by atoms with Gasteiger partial charge in [0.05, 0.1) is 52.5 Å². The molecule has 0 aliphatic heterocycles. The second kappa shape index (κ2) is 36.1. The van der Waals surface area contributed by atoms with Crippen molar-refractivity contribution in [3.05, 3.63) is 247 Å². The number of hydrogen-bond donors (Lipinski definition) is 4. The van der Waals surface area contributed by atoms with Crippen molar-refractivity contribution in [2.24, 2.45) is 0 Å². The maximum atomic E-state index is 11.7. The maximum absolute atomic E-state index is 11.7. The molecule has 0 saturated heterocycles. The summed E-state index contributed by atoms with van der Waals surface area (Å²) in [6, 6.07) is 49.6. The first-order valence-electron chi connectivity index (χ1n) is 25.1. The molecule has 0 aliphatic carbocycles. The van der Waals surface area contributed by atoms with Crippen LogP contribution in [0.5, 0.6) is 23.0 Å². The average Bonchev–Trinajstić information content (AvgIpc) is 3.50. The molecule has 0 atom stereocenters. The lowest BCUT2D eigenvalue weighted by molar-refractivity contribution is 0.0591. The molecule has 0 aromatic heterocycles. The molecule has 0 fully saturated rings. The first-order chi connectivity index (χ1) is 38.8. The molecule has 81 heavy (non-hydrogen) atoms. The average molecular weight is 1230 g/mol. The highest BCUT2D eigenvalue weighted by atomic mass is 79.9. The summed E-state index contributed by atoms with van der Waals surface area (Å²) in [4.78, 5) is 45.1. The van der Waals surface area contributed by atoms with E-state index >= 15 is 0 Å². The van der Waals surface area contributed by atoms with Crippen molar-refractivity contribution < 1.29 is 67.9 Å². The van der Waals surface area contributed by atoms with Gasteiger partial charge in [-0.05, 0) is 180 Å². The molecular formula is C64H67BBr2O14. The Morgan fingerprint density at radius 1 is 0.457 bits per heavy atom. The quantitative estimate of drug-likeness (QED) is 0.0404. The number of carboxylic acids is 1. The lowest BCUT2D eigenvalue weighted by atomic mass is 9.81. The molecule has 0 heterocycles. The van der Waals surface area contributed by atoms with Gasteiger partial charge in [-0.3, -0.25) is 0 Å². The monoisotopic (exact) mass is 1230 g/mol. The van der Waals surface area contributed by atoms with Gasteiger partial charge < -0.3 is 48.7 Å². The molecule has 0 amide bonds. The van der Waals surface area contributed by atoms with Gasteiger partial charge in [0.1, 0.15) is 42.8 Å². The minimum atomic E-state index is -1.27. The maximum Gasteiger partial charge on any atom is 0.483 e. The van der Waals surface area contributed by atoms with Gasteiger partial charge in [-0.25, -0.2) is 19.2 Å². The summed E-state index contributed by atoms with van der Waals surface area (Å²) >= 11 is 6.47. The fraction of sp³-hybridized carbons (Fsp3) is 0.188. The number of methoxy groups -OCH3 is 3. The van der Waals surface area contributed by atoms with E-state index in [0.717, 1.165) is 49.2 Å². The number of benzene rings is 7. The Morgan fingerprint density at radius 3 is 1.11 bits per heavy atom. The third-order valence-electron chi connectivity index (χ3n) is 11.6. The number of allylic oxidation sites excluding steroid dienone is 6. The van der Waals surface area contributed by atoms with E-state index in [9.17, 15) is 19.2 Å². The highest BCUT2D eigenvalue weighted by Crippen LogP contribution is 2.31. The third kappa shape index (κ3) is 23.2. The zero-order valence-corrected chi connectivity index (χ0v) is 49.8. The molecule has 0 unspecified atom stereocenters. The predicted molar refractivity (Wildman–Crippen MR) is 324 cm³/mol. The molecule has 17 heteroatoms. The number of phenolic OH excluding ortho intramolecular Hbond substituents is 1. The zero-order chi connectivity index (χ0) is 59.9. The number of hydrogen-bond acceptors (Lipinski definition) is 13. The standard InChI is InChI=1S/C19H20O3.C18H18O3.C15H13BrO3.C8H7BrO3.C4H9BO2/c1-4-14(2)17-12-16(19(20)21-3)10-11-18(17)22-13-15-8-6-5-7-9-15;1-3-13(2)16-11-15(18(19)20)9-10-17(16)21-12-14-7-5-4-6-8-14;1-18-15(17)12-7-8-14(13(16)9-12)19-10-11-5-3-2-4-6-11;1-12-8(11)5-2-3-7(10)6(9)4-5;1-3-4(2)5(6)7/h4-12H,13H2,1-3H3;3-11H,12H2,1-2H3,(H,19,20);2-9H,10H2,1H3;2-4,10H,1H3;3,6-7H,1-2H3/b14-4-;13-3-;;;4-3-. The van der Waals surface area contributed by atoms with Crippen LogP contribution in [0, 0.1) is 0 Å². The third-order valence-corrected chi connectivity index (χ3v) is 12.9. The molecule has 7 aromatic carbocycles. The van der Waals surface area contributed by atoms with Crippen molar-refractivity contribution in [1.82, 2.24) is 0 Å². The van der Waals surface area contributed by atoms with Gasteiger partial charge >= 0.3 is 31.0 Å². The minimum absolute atomic E-state index is 0.0997. The summed E-state index contributed by atoms with van der Waals surface area (Å²) in [5.41, 5.74) is 9.27. The van der Waals surface area contributed by atoms with Crippen molar-refractivity contribution in [2.75, 3.05) is 21.3 Å². The van der Waals surface area contributed by atoms with Gasteiger partial charge in [0, 0.05) is 11.1 Å². The molecule has 0 bridgehead atoms. The van der Waals surface area contributed by atoms with E-state index in [1.54, 1.807) is 62.4 Å². The fourth-order valence-electron chi connectivity index (χ4n) is 6.59. The van der Waals surface area contributed by atoms with Gasteiger partial charge in [-0.2, -0.15) is 0 Å². The fourth-order valence-corrected chi connectivity index (χ4v) is 7.46. The number of carboxylic acid groups (broad SMARTS) is 1. The van der Waals surface area contributed by atoms with Gasteiger partial charge in [0.2, 0.25) is 0 Å². The number of carbonyl (C=O) groups is 4. The first kappa shape index (κ1) is 67.1. The van der Waals surface area contributed by atoms with Gasteiger partial charge in [-0.1, -0.05) is 109 Å². The number of aromatic hydroxyl groups is 1. The van der Waals surface area contributed by atoms with E-state index < -0.39 is 19.1 Å². The second-order valence-electron chi connectivity index (χ2n) is 17.2. The van der Waals surface area contributed by atoms with Gasteiger partial charge in [0.15, 0.2) is 0 Å². The normalized spacial score (nSPS) is 10.7. The van der Waals surface area contributed by atoms with Gasteiger partial charge in [-0.15, -0.1) is 0 Å². The van der Waals surface area contributed by atoms with E-state index in [-0.39, 0.29) is 23.3 Å². The van der Waals surface area contributed by atoms with Crippen molar-refractivity contribution >= 4 is 74.0 Å². The summed E-state index contributed by atoms with van der Waals surface area (Å²) in [6.45, 7) is 12.7. The molecule has 0 spiro atoms. The van der Waals surface area contributed by atoms with E-state index in [1.807, 2.05) is 143 Å². The van der Waals surface area contributed by atoms with Crippen LogP contribution in [0.3, 0.4) is 0 Å². The summed E-state index contributed by atoms with van der Waals surface area (Å²) in [5.74, 6) is 0.172. The number of aromatic carboxylic acids is 1. The molecule has 0 aliphatic rings. The lowest BCUT2D eigenvalue weighted by Gasteiger charge is -2.13. The molecule has 4 N–H and O–H groups in total. The van der Waals surface area contributed by atoms with Crippen LogP contribution in [0.4, 0.5) is 0 Å². The van der Waals surface area contributed by atoms with Gasteiger partial charge in [0.25, 0.3) is 0 Å². The van der Waals surface area contributed by atoms with Crippen molar-refractivity contribution in [3.63, 3.8) is 0 Å². The number of halogens is 2. The predicted octanol–water partition coefficient (Wildman–Crippen LogP) is 14.6. The van der Waals surface area contributed by atoms with Crippen LogP contribution in [-0.2, 0) is 34.0 Å². The molecule has 14 nitrogen and oxygen atoms in total. The van der Waals surface area contributed by atoms with Crippen LogP contribution >= 0.6 is 31.9 Å². The minimum Gasteiger partial charge on any atom is -0.507 e. The Labute approximate surface area is 491 Å². The number of ether oxygens (including phenoxy) is 6. The van der Waals surface area contributed by atoms with Crippen LogP contribution in [0.1, 0.15) is 111 Å². The van der Waals surface area contributed by atoms with Crippen LogP contribution < -0.4 is 14.2 Å². The topological polar surface area (TPSA) is 205 Å². The molecular weight excluding hydrogens is 1160 g/mol. The number of carbonyl (C=O) groups excluding carboxylic acids is 3. The Kier molecular flexibility index (Phi) is 29.9. The summed E-state index contributed by atoms with van der Waals surface area (Å²) in [6.07, 6.45) is 5.59. The number of phenols is 1. The number of esters is 3. The Hall–Kier alpha value is -8.22. The summed E-state index contributed by atoms with van der Waals surface area (Å²) in [5, 5.41) is 34.8. The summed E-state index contributed by atoms with van der Waals surface area (Å²) < 4.78 is 32.6. The smallest absolute Gasteiger partial charge is 0.483 e. The van der Waals surface area contributed by atoms with E-state index in [0.29, 0.717) is 58.0 Å². The first-order valence-corrected chi connectivity index (χ1v) is 26.7. The Balaban J connectivity index is 0.000000277. The van der Waals surface area contributed by atoms with Crippen LogP contribution in [0.15, 0.2) is 196 Å². The Bertz CT molecular complexity index is 3220. The molecule has 0 radical (unpaired) electrons. The highest BCUT2D eigenvalue weighted by Gasteiger charge is 2.14. The van der Waals surface area contributed by atoms with Crippen LogP contribution in [0.25, 0.3) is 11.1 Å². The molecule has 7 aromatic rings. The number of rotatable bonds is 16. The van der Waals surface area contributed by atoms with Crippen molar-refractivity contribution in [1.29, 1.82) is 0 Å². The highest BCUT2D eigenvalue weighted by molar-refractivity contribution is 9.11. The Morgan fingerprint density at radius 2 is 0.790 bits per heavy atom. The largest absolute Gasteiger partial charge is 0.507 e. The van der Waals surface area contributed by atoms with E-state index in [2.05, 4.69) is 41.3 Å². The molecule has 424 valence electrons. The summed E-state index contributed by atoms with van der Waals surface area (Å²) in [7, 11) is 2.77. The van der Waals surface area contributed by atoms with Crippen molar-refractivity contribution in [2.45, 2.75) is 61.4 Å². The van der Waals surface area contributed by atoms with E-state index in [1.165, 1.54) is 39.5 Å². The lowest BCUT2D eigenvalue weighted by Crippen LogP contribution is -2.12. The molecule has 0 saturated carbocycles. The van der Waals surface area contributed by atoms with Crippen molar-refractivity contribution in [3.8, 4) is 23.0 Å². The van der Waals surface area contributed by atoms with Crippen LogP contribution in [-0.4, -0.2) is 72.6 Å². The SMILES string of the molecule is C/C=C(/C)B(O)O.C/C=C(/C)c1cc(C(=O)O)ccc1OCc1ccccc1.C/C=C(/C)c1cc(C(=O)OC)ccc1OCc1ccccc1.COC(=O)c1ccc(O)c(Br)c1.COC(=O)c1ccc(OCc2ccccc2)c(Br)c1. The zero-order valence-electron chi connectivity index (χ0n) is 46.6. The van der Waals surface area contributed by atoms with E-state index in [4.69, 9.17) is 39.2 Å². The van der Waals surface area contributed by atoms with Crippen LogP contribution in [0.2, 0.25) is 0 Å². The second-order valence-corrected chi connectivity index (χ2v) is 18.9. The molecule has 7 rings (SSSR count).